The maximum absolute atomic E-state index is 11.7. The first-order valence-corrected chi connectivity index (χ1v) is 7.70. The highest BCUT2D eigenvalue weighted by Gasteiger charge is 2.30. The van der Waals surface area contributed by atoms with Gasteiger partial charge in [-0.1, -0.05) is 25.0 Å². The predicted octanol–water partition coefficient (Wildman–Crippen LogP) is 1.42. The van der Waals surface area contributed by atoms with E-state index in [-0.39, 0.29) is 18.3 Å². The monoisotopic (exact) mass is 308 g/mol. The van der Waals surface area contributed by atoms with Gasteiger partial charge in [0.25, 0.3) is 0 Å². The van der Waals surface area contributed by atoms with E-state index in [2.05, 4.69) is 10.6 Å². The van der Waals surface area contributed by atoms with Crippen molar-refractivity contribution in [3.8, 4) is 5.75 Å². The zero-order chi connectivity index (χ0) is 16.0. The van der Waals surface area contributed by atoms with Gasteiger partial charge in [-0.05, 0) is 37.0 Å². The van der Waals surface area contributed by atoms with Crippen LogP contribution in [-0.4, -0.2) is 40.0 Å². The van der Waals surface area contributed by atoms with Gasteiger partial charge in [-0.3, -0.25) is 0 Å². The number of nitrogens with one attached hydrogen (secondary N) is 2. The number of aliphatic hydroxyl groups excluding tert-OH is 1. The molecule has 0 radical (unpaired) electrons. The molecule has 1 aliphatic carbocycles. The number of benzene rings is 1. The quantitative estimate of drug-likeness (QED) is 0.548. The molecule has 5 N–H and O–H groups in total. The molecule has 2 rings (SSSR count). The molecule has 0 heterocycles. The summed E-state index contributed by atoms with van der Waals surface area (Å²) in [5.41, 5.74) is -0.0884. The molecule has 22 heavy (non-hydrogen) atoms. The number of rotatable bonds is 6. The summed E-state index contributed by atoms with van der Waals surface area (Å²) in [7, 11) is 0. The van der Waals surface area contributed by atoms with Crippen LogP contribution in [0.3, 0.4) is 0 Å². The molecule has 1 aromatic carbocycles. The van der Waals surface area contributed by atoms with Gasteiger partial charge in [-0.25, -0.2) is 4.79 Å². The molecule has 0 aliphatic heterocycles. The molecule has 1 aliphatic rings. The average Bonchev–Trinajstić information content (AvgIpc) is 2.91. The Morgan fingerprint density at radius 1 is 1.27 bits per heavy atom. The number of urea groups is 1. The number of amides is 2. The second-order valence-corrected chi connectivity index (χ2v) is 5.93. The zero-order valence-electron chi connectivity index (χ0n) is 12.6. The lowest BCUT2D eigenvalue weighted by Gasteiger charge is -2.22. The number of carbonyl (C=O) groups is 1. The topological polar surface area (TPSA) is 102 Å². The molecule has 0 unspecified atom stereocenters. The van der Waals surface area contributed by atoms with Gasteiger partial charge < -0.3 is 26.0 Å². The first-order valence-electron chi connectivity index (χ1n) is 7.70. The number of aliphatic hydroxyl groups is 2. The van der Waals surface area contributed by atoms with Crippen LogP contribution in [-0.2, 0) is 0 Å². The van der Waals surface area contributed by atoms with E-state index in [9.17, 15) is 20.1 Å². The van der Waals surface area contributed by atoms with Crippen LogP contribution in [0.2, 0.25) is 0 Å². The van der Waals surface area contributed by atoms with Crippen molar-refractivity contribution in [2.45, 2.75) is 43.8 Å². The van der Waals surface area contributed by atoms with E-state index >= 15 is 0 Å². The third-order valence-electron chi connectivity index (χ3n) is 4.12. The van der Waals surface area contributed by atoms with Gasteiger partial charge >= 0.3 is 6.03 Å². The van der Waals surface area contributed by atoms with Crippen molar-refractivity contribution in [2.75, 3.05) is 13.1 Å². The number of phenols is 1. The second-order valence-electron chi connectivity index (χ2n) is 5.93. The fourth-order valence-corrected chi connectivity index (χ4v) is 2.79. The first kappa shape index (κ1) is 16.6. The Morgan fingerprint density at radius 2 is 2.00 bits per heavy atom. The maximum Gasteiger partial charge on any atom is 0.314 e. The lowest BCUT2D eigenvalue weighted by molar-refractivity contribution is 0.0398. The maximum atomic E-state index is 11.7. The highest BCUT2D eigenvalue weighted by Crippen LogP contribution is 2.31. The lowest BCUT2D eigenvalue weighted by Crippen LogP contribution is -2.40. The molecule has 1 atom stereocenters. The van der Waals surface area contributed by atoms with Crippen LogP contribution in [0.1, 0.15) is 43.8 Å². The largest absolute Gasteiger partial charge is 0.508 e. The van der Waals surface area contributed by atoms with Crippen molar-refractivity contribution in [2.24, 2.45) is 0 Å². The fraction of sp³-hybridized carbons (Fsp3) is 0.562. The Morgan fingerprint density at radius 3 is 2.68 bits per heavy atom. The van der Waals surface area contributed by atoms with Crippen molar-refractivity contribution in [3.63, 3.8) is 0 Å². The predicted molar refractivity (Wildman–Crippen MR) is 82.5 cm³/mol. The van der Waals surface area contributed by atoms with Gasteiger partial charge in [0, 0.05) is 13.1 Å². The summed E-state index contributed by atoms with van der Waals surface area (Å²) in [6, 6.07) is 5.92. The summed E-state index contributed by atoms with van der Waals surface area (Å²) in [5, 5.41) is 34.7. The number of aromatic hydroxyl groups is 1. The van der Waals surface area contributed by atoms with Crippen LogP contribution in [0, 0.1) is 0 Å². The standard InChI is InChI=1S/C16H24N2O4/c19-13-5-3-4-12(10-13)14(20)11-18-15(21)17-9-8-16(22)6-1-2-7-16/h3-5,10,14,19-20,22H,1-2,6-9,11H2,(H2,17,18,21)/t14-/m0/s1. The van der Waals surface area contributed by atoms with Crippen LogP contribution >= 0.6 is 0 Å². The van der Waals surface area contributed by atoms with Gasteiger partial charge in [-0.15, -0.1) is 0 Å². The Hall–Kier alpha value is -1.79. The number of carbonyl (C=O) groups excluding carboxylic acids is 1. The Kier molecular flexibility index (Phi) is 5.63. The van der Waals surface area contributed by atoms with E-state index in [1.54, 1.807) is 12.1 Å². The van der Waals surface area contributed by atoms with E-state index in [1.807, 2.05) is 0 Å². The van der Waals surface area contributed by atoms with Crippen LogP contribution in [0.5, 0.6) is 5.75 Å². The zero-order valence-corrected chi connectivity index (χ0v) is 12.6. The molecular formula is C16H24N2O4. The highest BCUT2D eigenvalue weighted by molar-refractivity contribution is 5.73. The van der Waals surface area contributed by atoms with Crippen molar-refractivity contribution in [1.29, 1.82) is 0 Å². The van der Waals surface area contributed by atoms with Gasteiger partial charge in [0.2, 0.25) is 0 Å². The minimum absolute atomic E-state index is 0.0551. The Labute approximate surface area is 130 Å². The molecule has 2 amide bonds. The van der Waals surface area contributed by atoms with Crippen molar-refractivity contribution >= 4 is 6.03 Å². The molecule has 0 spiro atoms. The summed E-state index contributed by atoms with van der Waals surface area (Å²) in [6.45, 7) is 0.462. The Balaban J connectivity index is 1.67. The minimum atomic E-state index is -0.878. The van der Waals surface area contributed by atoms with Crippen molar-refractivity contribution in [3.05, 3.63) is 29.8 Å². The van der Waals surface area contributed by atoms with Gasteiger partial charge in [0.1, 0.15) is 5.75 Å². The minimum Gasteiger partial charge on any atom is -0.508 e. The average molecular weight is 308 g/mol. The molecule has 0 saturated heterocycles. The number of hydrogen-bond acceptors (Lipinski definition) is 4. The van der Waals surface area contributed by atoms with E-state index in [4.69, 9.17) is 0 Å². The van der Waals surface area contributed by atoms with Crippen LogP contribution in [0.15, 0.2) is 24.3 Å². The summed E-state index contributed by atoms with van der Waals surface area (Å²) >= 11 is 0. The molecule has 1 aromatic rings. The SMILES string of the molecule is O=C(NCCC1(O)CCCC1)NC[C@H](O)c1cccc(O)c1. The summed E-state index contributed by atoms with van der Waals surface area (Å²) in [6.07, 6.45) is 3.35. The first-order chi connectivity index (χ1) is 10.5. The molecule has 6 heteroatoms. The van der Waals surface area contributed by atoms with Gasteiger partial charge in [0.15, 0.2) is 0 Å². The molecular weight excluding hydrogens is 284 g/mol. The summed E-state index contributed by atoms with van der Waals surface area (Å²) in [5.74, 6) is 0.0748. The van der Waals surface area contributed by atoms with Gasteiger partial charge in [-0.2, -0.15) is 0 Å². The second kappa shape index (κ2) is 7.47. The van der Waals surface area contributed by atoms with Crippen LogP contribution in [0.4, 0.5) is 4.79 Å². The molecule has 0 aromatic heterocycles. The smallest absolute Gasteiger partial charge is 0.314 e. The normalized spacial score (nSPS) is 17.9. The van der Waals surface area contributed by atoms with E-state index in [1.165, 1.54) is 12.1 Å². The third kappa shape index (κ3) is 4.89. The van der Waals surface area contributed by atoms with Crippen LogP contribution in [0.25, 0.3) is 0 Å². The third-order valence-corrected chi connectivity index (χ3v) is 4.12. The van der Waals surface area contributed by atoms with E-state index < -0.39 is 11.7 Å². The van der Waals surface area contributed by atoms with Crippen LogP contribution < -0.4 is 10.6 Å². The molecule has 122 valence electrons. The number of phenolic OH excluding ortho intramolecular Hbond substituents is 1. The van der Waals surface area contributed by atoms with Crippen molar-refractivity contribution < 1.29 is 20.1 Å². The Bertz CT molecular complexity index is 501. The number of hydrogen-bond donors (Lipinski definition) is 5. The van der Waals surface area contributed by atoms with E-state index in [0.29, 0.717) is 18.5 Å². The molecule has 1 fully saturated rings. The van der Waals surface area contributed by atoms with E-state index in [0.717, 1.165) is 25.7 Å². The molecule has 1 saturated carbocycles. The van der Waals surface area contributed by atoms with Crippen molar-refractivity contribution in [1.82, 2.24) is 10.6 Å². The highest BCUT2D eigenvalue weighted by atomic mass is 16.3. The summed E-state index contributed by atoms with van der Waals surface area (Å²) < 4.78 is 0. The molecule has 6 nitrogen and oxygen atoms in total. The summed E-state index contributed by atoms with van der Waals surface area (Å²) in [4.78, 5) is 11.7. The molecule has 0 bridgehead atoms. The van der Waals surface area contributed by atoms with Gasteiger partial charge in [0.05, 0.1) is 11.7 Å². The fourth-order valence-electron chi connectivity index (χ4n) is 2.79. The lowest BCUT2D eigenvalue weighted by atomic mass is 9.98.